The fourth-order valence-electron chi connectivity index (χ4n) is 2.31. The van der Waals surface area contributed by atoms with Crippen molar-refractivity contribution in [2.45, 2.75) is 33.6 Å². The average molecular weight is 292 g/mol. The van der Waals surface area contributed by atoms with Crippen molar-refractivity contribution < 1.29 is 4.79 Å². The van der Waals surface area contributed by atoms with E-state index >= 15 is 0 Å². The summed E-state index contributed by atoms with van der Waals surface area (Å²) in [5, 5.41) is 10.6. The van der Waals surface area contributed by atoms with E-state index in [1.165, 1.54) is 0 Å². The Bertz CT molecular complexity index is 629. The maximum Gasteiger partial charge on any atom is 0.231 e. The molecule has 1 amide bonds. The van der Waals surface area contributed by atoms with Crippen molar-refractivity contribution in [2.75, 3.05) is 5.32 Å². The number of H-pyrrole nitrogens is 1. The Labute approximate surface area is 123 Å². The molecule has 0 aliphatic carbocycles. The zero-order valence-electron chi connectivity index (χ0n) is 12.0. The van der Waals surface area contributed by atoms with E-state index in [1.807, 2.05) is 39.8 Å². The molecule has 0 saturated heterocycles. The number of hydrogen-bond donors (Lipinski definition) is 2. The molecule has 0 aliphatic rings. The second-order valence-corrected chi connectivity index (χ2v) is 5.38. The van der Waals surface area contributed by atoms with Gasteiger partial charge in [-0.25, -0.2) is 0 Å². The van der Waals surface area contributed by atoms with Crippen LogP contribution in [0.5, 0.6) is 0 Å². The van der Waals surface area contributed by atoms with Gasteiger partial charge in [0.05, 0.1) is 11.6 Å². The van der Waals surface area contributed by atoms with Gasteiger partial charge in [0, 0.05) is 22.0 Å². The highest BCUT2D eigenvalue weighted by Crippen LogP contribution is 2.26. The van der Waals surface area contributed by atoms with Crippen molar-refractivity contribution in [1.29, 1.82) is 0 Å². The van der Waals surface area contributed by atoms with E-state index in [4.69, 9.17) is 11.6 Å². The van der Waals surface area contributed by atoms with Crippen LogP contribution >= 0.6 is 11.6 Å². The lowest BCUT2D eigenvalue weighted by Gasteiger charge is -2.14. The maximum atomic E-state index is 12.4. The number of anilines is 1. The molecule has 0 saturated carbocycles. The van der Waals surface area contributed by atoms with Gasteiger partial charge < -0.3 is 5.32 Å². The lowest BCUT2D eigenvalue weighted by atomic mass is 9.98. The average Bonchev–Trinajstić information content (AvgIpc) is 2.73. The van der Waals surface area contributed by atoms with E-state index in [1.54, 1.807) is 6.07 Å². The van der Waals surface area contributed by atoms with Crippen LogP contribution in [0.2, 0.25) is 5.02 Å². The van der Waals surface area contributed by atoms with Crippen LogP contribution in [0.1, 0.15) is 35.4 Å². The van der Waals surface area contributed by atoms with Crippen LogP contribution < -0.4 is 5.32 Å². The quantitative estimate of drug-likeness (QED) is 0.905. The van der Waals surface area contributed by atoms with Crippen molar-refractivity contribution in [3.05, 3.63) is 45.7 Å². The van der Waals surface area contributed by atoms with Crippen molar-refractivity contribution in [3.8, 4) is 0 Å². The Hall–Kier alpha value is -1.81. The summed E-state index contributed by atoms with van der Waals surface area (Å²) in [6, 6.07) is 5.48. The molecular weight excluding hydrogens is 274 g/mol. The highest BCUT2D eigenvalue weighted by Gasteiger charge is 2.21. The summed E-state index contributed by atoms with van der Waals surface area (Å²) in [4.78, 5) is 12.4. The Morgan fingerprint density at radius 2 is 2.05 bits per heavy atom. The molecule has 0 radical (unpaired) electrons. The minimum Gasteiger partial charge on any atom is -0.325 e. The van der Waals surface area contributed by atoms with Gasteiger partial charge in [-0.1, -0.05) is 17.7 Å². The highest BCUT2D eigenvalue weighted by molar-refractivity contribution is 6.31. The summed E-state index contributed by atoms with van der Waals surface area (Å²) in [6.45, 7) is 7.58. The molecule has 2 rings (SSSR count). The third kappa shape index (κ3) is 2.70. The molecule has 0 aliphatic heterocycles. The summed E-state index contributed by atoms with van der Waals surface area (Å²) in [7, 11) is 0. The number of aromatic nitrogens is 2. The van der Waals surface area contributed by atoms with Crippen molar-refractivity contribution in [2.24, 2.45) is 0 Å². The molecule has 5 heteroatoms. The number of aromatic amines is 1. The van der Waals surface area contributed by atoms with E-state index in [9.17, 15) is 4.79 Å². The summed E-state index contributed by atoms with van der Waals surface area (Å²) in [6.07, 6.45) is 0. The monoisotopic (exact) mass is 291 g/mol. The van der Waals surface area contributed by atoms with Gasteiger partial charge in [-0.2, -0.15) is 5.10 Å². The van der Waals surface area contributed by atoms with Crippen LogP contribution in [-0.4, -0.2) is 16.1 Å². The Kier molecular flexibility index (Phi) is 4.14. The summed E-state index contributed by atoms with van der Waals surface area (Å²) >= 11 is 6.06. The molecule has 0 fully saturated rings. The fourth-order valence-corrected chi connectivity index (χ4v) is 2.49. The van der Waals surface area contributed by atoms with Gasteiger partial charge in [0.15, 0.2) is 0 Å². The van der Waals surface area contributed by atoms with Gasteiger partial charge in [-0.3, -0.25) is 9.89 Å². The smallest absolute Gasteiger partial charge is 0.231 e. The molecule has 1 unspecified atom stereocenters. The van der Waals surface area contributed by atoms with Gasteiger partial charge >= 0.3 is 0 Å². The van der Waals surface area contributed by atoms with Gasteiger partial charge in [0.25, 0.3) is 0 Å². The zero-order chi connectivity index (χ0) is 14.9. The molecule has 0 bridgehead atoms. The van der Waals surface area contributed by atoms with Crippen LogP contribution in [0.25, 0.3) is 0 Å². The van der Waals surface area contributed by atoms with Crippen LogP contribution in [0.15, 0.2) is 18.2 Å². The first kappa shape index (κ1) is 14.6. The van der Waals surface area contributed by atoms with E-state index in [-0.39, 0.29) is 11.8 Å². The largest absolute Gasteiger partial charge is 0.325 e. The Morgan fingerprint density at radius 1 is 1.35 bits per heavy atom. The standard InChI is InChI=1S/C15H18ClN3O/c1-8-12(16)6-5-7-13(8)17-15(20)9(2)14-10(3)18-19-11(14)4/h5-7,9H,1-4H3,(H,17,20)(H,18,19). The molecule has 0 spiro atoms. The second-order valence-electron chi connectivity index (χ2n) is 4.97. The number of hydrogen-bond acceptors (Lipinski definition) is 2. The number of carbonyl (C=O) groups excluding carboxylic acids is 1. The molecule has 106 valence electrons. The van der Waals surface area contributed by atoms with Gasteiger partial charge in [-0.15, -0.1) is 0 Å². The summed E-state index contributed by atoms with van der Waals surface area (Å²) in [5.74, 6) is -0.338. The molecule has 1 aromatic heterocycles. The normalized spacial score (nSPS) is 12.2. The summed E-state index contributed by atoms with van der Waals surface area (Å²) < 4.78 is 0. The molecule has 1 heterocycles. The molecule has 2 N–H and O–H groups in total. The van der Waals surface area contributed by atoms with E-state index < -0.39 is 0 Å². The SMILES string of the molecule is Cc1n[nH]c(C)c1C(C)C(=O)Nc1cccc(Cl)c1C. The first-order valence-electron chi connectivity index (χ1n) is 6.49. The number of halogens is 1. The lowest BCUT2D eigenvalue weighted by Crippen LogP contribution is -2.20. The first-order chi connectivity index (χ1) is 9.41. The van der Waals surface area contributed by atoms with Gasteiger partial charge in [0.1, 0.15) is 0 Å². The molecule has 2 aromatic rings. The molecule has 20 heavy (non-hydrogen) atoms. The molecular formula is C15H18ClN3O. The summed E-state index contributed by atoms with van der Waals surface area (Å²) in [5.41, 5.74) is 4.34. The lowest BCUT2D eigenvalue weighted by molar-refractivity contribution is -0.117. The number of nitrogens with zero attached hydrogens (tertiary/aromatic N) is 1. The number of benzene rings is 1. The maximum absolute atomic E-state index is 12.4. The Morgan fingerprint density at radius 3 is 2.65 bits per heavy atom. The first-order valence-corrected chi connectivity index (χ1v) is 6.87. The number of amides is 1. The van der Waals surface area contributed by atoms with E-state index in [0.29, 0.717) is 5.02 Å². The van der Waals surface area contributed by atoms with Crippen molar-refractivity contribution in [3.63, 3.8) is 0 Å². The zero-order valence-corrected chi connectivity index (χ0v) is 12.8. The fraction of sp³-hybridized carbons (Fsp3) is 0.333. The number of rotatable bonds is 3. The van der Waals surface area contributed by atoms with Crippen molar-refractivity contribution in [1.82, 2.24) is 10.2 Å². The minimum atomic E-state index is -0.271. The predicted octanol–water partition coefficient (Wildman–Crippen LogP) is 3.73. The van der Waals surface area contributed by atoms with Crippen molar-refractivity contribution >= 4 is 23.2 Å². The minimum absolute atomic E-state index is 0.0667. The topological polar surface area (TPSA) is 57.8 Å². The van der Waals surface area contributed by atoms with Gasteiger partial charge in [0.2, 0.25) is 5.91 Å². The third-order valence-electron chi connectivity index (χ3n) is 3.54. The second kappa shape index (κ2) is 5.67. The van der Waals surface area contributed by atoms with Crippen LogP contribution in [-0.2, 0) is 4.79 Å². The van der Waals surface area contributed by atoms with Crippen LogP contribution in [0.3, 0.4) is 0 Å². The highest BCUT2D eigenvalue weighted by atomic mass is 35.5. The van der Waals surface area contributed by atoms with E-state index in [2.05, 4.69) is 15.5 Å². The Balaban J connectivity index is 2.22. The predicted molar refractivity (Wildman–Crippen MR) is 81.3 cm³/mol. The van der Waals surface area contributed by atoms with E-state index in [0.717, 1.165) is 28.2 Å². The molecule has 1 aromatic carbocycles. The van der Waals surface area contributed by atoms with Gasteiger partial charge in [-0.05, 0) is 45.4 Å². The van der Waals surface area contributed by atoms with Crippen LogP contribution in [0, 0.1) is 20.8 Å². The third-order valence-corrected chi connectivity index (χ3v) is 3.95. The number of aryl methyl sites for hydroxylation is 2. The number of carbonyl (C=O) groups is 1. The molecule has 1 atom stereocenters. The van der Waals surface area contributed by atoms with Crippen LogP contribution in [0.4, 0.5) is 5.69 Å². The molecule has 4 nitrogen and oxygen atoms in total. The number of nitrogens with one attached hydrogen (secondary N) is 2.